The first kappa shape index (κ1) is 10.5. The highest BCUT2D eigenvalue weighted by molar-refractivity contribution is 6.00. The number of hydrogen-bond donors (Lipinski definition) is 0. The van der Waals surface area contributed by atoms with Crippen LogP contribution in [0, 0.1) is 5.92 Å². The van der Waals surface area contributed by atoms with E-state index < -0.39 is 0 Å². The minimum absolute atomic E-state index is 0.246. The Kier molecular flexibility index (Phi) is 2.63. The van der Waals surface area contributed by atoms with E-state index in [-0.39, 0.29) is 5.92 Å². The van der Waals surface area contributed by atoms with Crippen molar-refractivity contribution in [1.82, 2.24) is 4.98 Å². The van der Waals surface area contributed by atoms with Gasteiger partial charge in [-0.25, -0.2) is 0 Å². The van der Waals surface area contributed by atoms with Crippen LogP contribution in [-0.4, -0.2) is 10.8 Å². The molecule has 1 aliphatic carbocycles. The zero-order valence-electron chi connectivity index (χ0n) is 9.73. The van der Waals surface area contributed by atoms with Gasteiger partial charge in [0.05, 0.1) is 5.52 Å². The molecule has 2 aromatic rings. The normalized spacial score (nSPS) is 16.5. The average molecular weight is 225 g/mol. The van der Waals surface area contributed by atoms with Gasteiger partial charge in [-0.15, -0.1) is 0 Å². The van der Waals surface area contributed by atoms with Gasteiger partial charge in [0.25, 0.3) is 0 Å². The summed E-state index contributed by atoms with van der Waals surface area (Å²) in [6.07, 6.45) is 6.27. The highest BCUT2D eigenvalue weighted by atomic mass is 16.1. The van der Waals surface area contributed by atoms with E-state index in [9.17, 15) is 4.79 Å². The zero-order valence-corrected chi connectivity index (χ0v) is 9.73. The first-order valence-electron chi connectivity index (χ1n) is 6.23. The second kappa shape index (κ2) is 4.28. The third-order valence-electron chi connectivity index (χ3n) is 3.62. The fraction of sp³-hybridized carbons (Fsp3) is 0.333. The molecule has 17 heavy (non-hydrogen) atoms. The summed E-state index contributed by atoms with van der Waals surface area (Å²) in [5, 5.41) is 1.09. The number of carbonyl (C=O) groups excluding carboxylic acids is 1. The molecule has 1 aromatic carbocycles. The van der Waals surface area contributed by atoms with Crippen LogP contribution in [0.15, 0.2) is 36.5 Å². The Balaban J connectivity index is 1.97. The van der Waals surface area contributed by atoms with E-state index in [2.05, 4.69) is 4.98 Å². The molecule has 86 valence electrons. The van der Waals surface area contributed by atoms with Crippen LogP contribution in [0.2, 0.25) is 0 Å². The van der Waals surface area contributed by atoms with Crippen molar-refractivity contribution in [3.05, 3.63) is 42.1 Å². The van der Waals surface area contributed by atoms with Crippen molar-refractivity contribution in [3.63, 3.8) is 0 Å². The highest BCUT2D eigenvalue weighted by Crippen LogP contribution is 2.28. The molecule has 0 spiro atoms. The molecule has 1 aliphatic rings. The van der Waals surface area contributed by atoms with Crippen molar-refractivity contribution >= 4 is 16.7 Å². The van der Waals surface area contributed by atoms with Gasteiger partial charge in [-0.05, 0) is 25.0 Å². The molecular formula is C15H15NO. The molecule has 1 heterocycles. The predicted octanol–water partition coefficient (Wildman–Crippen LogP) is 3.61. The number of pyridine rings is 1. The minimum Gasteiger partial charge on any atom is -0.294 e. The second-order valence-corrected chi connectivity index (χ2v) is 4.76. The maximum atomic E-state index is 12.3. The van der Waals surface area contributed by atoms with E-state index in [1.807, 2.05) is 30.3 Å². The van der Waals surface area contributed by atoms with Crippen molar-refractivity contribution in [2.75, 3.05) is 0 Å². The molecule has 2 nitrogen and oxygen atoms in total. The van der Waals surface area contributed by atoms with E-state index in [0.29, 0.717) is 5.78 Å². The van der Waals surface area contributed by atoms with Gasteiger partial charge in [-0.3, -0.25) is 9.78 Å². The summed E-state index contributed by atoms with van der Waals surface area (Å²) in [6, 6.07) is 9.79. The Morgan fingerprint density at radius 3 is 2.82 bits per heavy atom. The molecule has 0 saturated heterocycles. The lowest BCUT2D eigenvalue weighted by atomic mass is 9.95. The predicted molar refractivity (Wildman–Crippen MR) is 68.0 cm³/mol. The van der Waals surface area contributed by atoms with E-state index in [0.717, 1.165) is 29.3 Å². The van der Waals surface area contributed by atoms with Gasteiger partial charge in [0, 0.05) is 23.1 Å². The maximum Gasteiger partial charge on any atom is 0.166 e. The molecule has 0 unspecified atom stereocenters. The van der Waals surface area contributed by atoms with E-state index in [1.54, 1.807) is 6.20 Å². The first-order chi connectivity index (χ1) is 8.34. The number of benzene rings is 1. The lowest BCUT2D eigenvalue weighted by molar-refractivity contribution is 0.0923. The monoisotopic (exact) mass is 225 g/mol. The smallest absolute Gasteiger partial charge is 0.166 e. The molecule has 3 rings (SSSR count). The summed E-state index contributed by atoms with van der Waals surface area (Å²) in [5.74, 6) is 0.547. The average Bonchev–Trinajstić information content (AvgIpc) is 2.91. The van der Waals surface area contributed by atoms with Gasteiger partial charge in [0.15, 0.2) is 5.78 Å². The third kappa shape index (κ3) is 1.95. The maximum absolute atomic E-state index is 12.3. The molecule has 1 saturated carbocycles. The Labute approximate surface area is 101 Å². The van der Waals surface area contributed by atoms with Gasteiger partial charge in [0.1, 0.15) is 0 Å². The summed E-state index contributed by atoms with van der Waals surface area (Å²) in [4.78, 5) is 16.6. The molecular weight excluding hydrogens is 210 g/mol. The van der Waals surface area contributed by atoms with Crippen LogP contribution in [0.3, 0.4) is 0 Å². The number of carbonyl (C=O) groups is 1. The zero-order chi connectivity index (χ0) is 11.7. The molecule has 0 N–H and O–H groups in total. The number of nitrogens with zero attached hydrogens (tertiary/aromatic N) is 1. The molecule has 2 heteroatoms. The van der Waals surface area contributed by atoms with Gasteiger partial charge in [-0.2, -0.15) is 0 Å². The van der Waals surface area contributed by atoms with Crippen molar-refractivity contribution < 1.29 is 4.79 Å². The minimum atomic E-state index is 0.246. The van der Waals surface area contributed by atoms with Crippen LogP contribution in [0.5, 0.6) is 0 Å². The third-order valence-corrected chi connectivity index (χ3v) is 3.62. The van der Waals surface area contributed by atoms with E-state index in [4.69, 9.17) is 0 Å². The van der Waals surface area contributed by atoms with Crippen LogP contribution >= 0.6 is 0 Å². The summed E-state index contributed by atoms with van der Waals surface area (Å²) < 4.78 is 0. The fourth-order valence-corrected chi connectivity index (χ4v) is 2.64. The Hall–Kier alpha value is -1.70. The summed E-state index contributed by atoms with van der Waals surface area (Å²) >= 11 is 0. The number of rotatable bonds is 2. The summed E-state index contributed by atoms with van der Waals surface area (Å²) in [6.45, 7) is 0. The fourth-order valence-electron chi connectivity index (χ4n) is 2.64. The molecule has 0 bridgehead atoms. The summed E-state index contributed by atoms with van der Waals surface area (Å²) in [7, 11) is 0. The van der Waals surface area contributed by atoms with Crippen LogP contribution in [0.4, 0.5) is 0 Å². The van der Waals surface area contributed by atoms with Gasteiger partial charge < -0.3 is 0 Å². The van der Waals surface area contributed by atoms with Crippen molar-refractivity contribution in [1.29, 1.82) is 0 Å². The Morgan fingerprint density at radius 1 is 1.18 bits per heavy atom. The van der Waals surface area contributed by atoms with Crippen LogP contribution in [0.1, 0.15) is 36.0 Å². The largest absolute Gasteiger partial charge is 0.294 e. The van der Waals surface area contributed by atoms with E-state index in [1.165, 1.54) is 12.8 Å². The van der Waals surface area contributed by atoms with Crippen LogP contribution in [-0.2, 0) is 0 Å². The SMILES string of the molecule is O=C(c1ccc2cccnc2c1)C1CCCC1. The number of aromatic nitrogens is 1. The van der Waals surface area contributed by atoms with E-state index >= 15 is 0 Å². The molecule has 0 amide bonds. The number of hydrogen-bond acceptors (Lipinski definition) is 2. The Bertz CT molecular complexity index is 556. The highest BCUT2D eigenvalue weighted by Gasteiger charge is 2.23. The van der Waals surface area contributed by atoms with Crippen LogP contribution in [0.25, 0.3) is 10.9 Å². The molecule has 1 fully saturated rings. The van der Waals surface area contributed by atoms with Crippen molar-refractivity contribution in [2.45, 2.75) is 25.7 Å². The topological polar surface area (TPSA) is 30.0 Å². The van der Waals surface area contributed by atoms with Gasteiger partial charge in [-0.1, -0.05) is 31.0 Å². The van der Waals surface area contributed by atoms with Crippen molar-refractivity contribution in [2.24, 2.45) is 5.92 Å². The molecule has 0 radical (unpaired) electrons. The first-order valence-corrected chi connectivity index (χ1v) is 6.23. The van der Waals surface area contributed by atoms with Crippen molar-refractivity contribution in [3.8, 4) is 0 Å². The lowest BCUT2D eigenvalue weighted by Crippen LogP contribution is -2.10. The number of Topliss-reactive ketones (excluding diaryl/α,β-unsaturated/α-hetero) is 1. The van der Waals surface area contributed by atoms with Gasteiger partial charge >= 0.3 is 0 Å². The molecule has 1 aromatic heterocycles. The van der Waals surface area contributed by atoms with Crippen LogP contribution < -0.4 is 0 Å². The quantitative estimate of drug-likeness (QED) is 0.731. The molecule has 0 atom stereocenters. The number of fused-ring (bicyclic) bond motifs is 1. The second-order valence-electron chi connectivity index (χ2n) is 4.76. The lowest BCUT2D eigenvalue weighted by Gasteiger charge is -2.08. The standard InChI is InChI=1S/C15H15NO/c17-15(12-4-1-2-5-12)13-8-7-11-6-3-9-16-14(11)10-13/h3,6-10,12H,1-2,4-5H2. The summed E-state index contributed by atoms with van der Waals surface area (Å²) in [5.41, 5.74) is 1.74. The number of ketones is 1. The molecule has 0 aliphatic heterocycles. The Morgan fingerprint density at radius 2 is 2.00 bits per heavy atom. The van der Waals surface area contributed by atoms with Gasteiger partial charge in [0.2, 0.25) is 0 Å².